The Kier molecular flexibility index (Phi) is 7.47. The molecule has 1 aliphatic rings. The third-order valence-electron chi connectivity index (χ3n) is 3.42. The van der Waals surface area contributed by atoms with Crippen LogP contribution in [0.5, 0.6) is 5.75 Å². The van der Waals surface area contributed by atoms with Crippen molar-refractivity contribution in [2.75, 3.05) is 13.2 Å². The smallest absolute Gasteiger partial charge is 0.220 e. The van der Waals surface area contributed by atoms with Gasteiger partial charge in [-0.25, -0.2) is 4.39 Å². The SMILES string of the molecule is Cl.NCC(NC(=O)CCCOc1ccc(F)cc1)C1CC1. The first-order chi connectivity index (χ1) is 9.69. The monoisotopic (exact) mass is 316 g/mol. The Morgan fingerprint density at radius 2 is 2.05 bits per heavy atom. The molecule has 6 heteroatoms. The van der Waals surface area contributed by atoms with E-state index in [9.17, 15) is 9.18 Å². The number of carbonyl (C=O) groups is 1. The summed E-state index contributed by atoms with van der Waals surface area (Å²) in [4.78, 5) is 11.7. The van der Waals surface area contributed by atoms with E-state index in [-0.39, 0.29) is 30.2 Å². The number of nitrogens with one attached hydrogen (secondary N) is 1. The Labute approximate surface area is 130 Å². The summed E-state index contributed by atoms with van der Waals surface area (Å²) >= 11 is 0. The van der Waals surface area contributed by atoms with Crippen LogP contribution < -0.4 is 15.8 Å². The van der Waals surface area contributed by atoms with E-state index in [1.54, 1.807) is 12.1 Å². The average Bonchev–Trinajstić information content (AvgIpc) is 3.27. The minimum absolute atomic E-state index is 0. The van der Waals surface area contributed by atoms with Crippen LogP contribution in [0.4, 0.5) is 4.39 Å². The van der Waals surface area contributed by atoms with Crippen molar-refractivity contribution in [3.8, 4) is 5.75 Å². The topological polar surface area (TPSA) is 64.3 Å². The number of rotatable bonds is 8. The summed E-state index contributed by atoms with van der Waals surface area (Å²) < 4.78 is 18.1. The van der Waals surface area contributed by atoms with Gasteiger partial charge in [0, 0.05) is 19.0 Å². The second kappa shape index (κ2) is 8.85. The lowest BCUT2D eigenvalue weighted by atomic mass is 10.2. The molecule has 1 amide bonds. The van der Waals surface area contributed by atoms with Crippen LogP contribution in [0.15, 0.2) is 24.3 Å². The van der Waals surface area contributed by atoms with E-state index in [2.05, 4.69) is 5.32 Å². The number of carbonyl (C=O) groups excluding carboxylic acids is 1. The second-order valence-electron chi connectivity index (χ2n) is 5.15. The maximum Gasteiger partial charge on any atom is 0.220 e. The van der Waals surface area contributed by atoms with E-state index < -0.39 is 0 Å². The molecule has 1 aliphatic carbocycles. The molecule has 1 atom stereocenters. The highest BCUT2D eigenvalue weighted by molar-refractivity contribution is 5.85. The lowest BCUT2D eigenvalue weighted by Crippen LogP contribution is -2.41. The van der Waals surface area contributed by atoms with Crippen molar-refractivity contribution in [3.05, 3.63) is 30.1 Å². The molecule has 1 saturated carbocycles. The summed E-state index contributed by atoms with van der Waals surface area (Å²) in [6.07, 6.45) is 3.38. The Balaban J connectivity index is 0.00000220. The van der Waals surface area contributed by atoms with Crippen molar-refractivity contribution in [2.24, 2.45) is 11.7 Å². The minimum atomic E-state index is -0.287. The highest BCUT2D eigenvalue weighted by Crippen LogP contribution is 2.32. The van der Waals surface area contributed by atoms with Crippen LogP contribution in [0.3, 0.4) is 0 Å². The number of amides is 1. The van der Waals surface area contributed by atoms with E-state index >= 15 is 0 Å². The molecule has 21 heavy (non-hydrogen) atoms. The molecule has 1 aromatic carbocycles. The molecule has 1 unspecified atom stereocenters. The molecule has 2 rings (SSSR count). The molecule has 0 spiro atoms. The molecule has 0 aromatic heterocycles. The predicted octanol–water partition coefficient (Wildman–Crippen LogP) is 2.26. The molecule has 0 saturated heterocycles. The summed E-state index contributed by atoms with van der Waals surface area (Å²) in [5.41, 5.74) is 5.63. The van der Waals surface area contributed by atoms with Crippen LogP contribution in [0.25, 0.3) is 0 Å². The number of hydrogen-bond donors (Lipinski definition) is 2. The zero-order chi connectivity index (χ0) is 14.4. The van der Waals surface area contributed by atoms with Gasteiger partial charge in [0.15, 0.2) is 0 Å². The summed E-state index contributed by atoms with van der Waals surface area (Å²) in [7, 11) is 0. The highest BCUT2D eigenvalue weighted by atomic mass is 35.5. The molecule has 0 heterocycles. The summed E-state index contributed by atoms with van der Waals surface area (Å²) in [6, 6.07) is 5.98. The number of nitrogens with two attached hydrogens (primary N) is 1. The van der Waals surface area contributed by atoms with E-state index in [1.165, 1.54) is 12.1 Å². The van der Waals surface area contributed by atoms with E-state index in [4.69, 9.17) is 10.5 Å². The third kappa shape index (κ3) is 6.31. The average molecular weight is 317 g/mol. The van der Waals surface area contributed by atoms with Gasteiger partial charge in [-0.05, 0) is 49.4 Å². The van der Waals surface area contributed by atoms with Crippen LogP contribution >= 0.6 is 12.4 Å². The van der Waals surface area contributed by atoms with Crippen LogP contribution in [-0.2, 0) is 4.79 Å². The fraction of sp³-hybridized carbons (Fsp3) is 0.533. The van der Waals surface area contributed by atoms with Gasteiger partial charge in [0.25, 0.3) is 0 Å². The zero-order valence-corrected chi connectivity index (χ0v) is 12.7. The molecule has 0 bridgehead atoms. The standard InChI is InChI=1S/C15H21FN2O2.ClH/c16-12-5-7-13(8-6-12)20-9-1-2-15(19)18-14(10-17)11-3-4-11;/h5-8,11,14H,1-4,9-10,17H2,(H,18,19);1H. The van der Waals surface area contributed by atoms with Gasteiger partial charge in [-0.15, -0.1) is 12.4 Å². The molecule has 1 fully saturated rings. The second-order valence-corrected chi connectivity index (χ2v) is 5.15. The first-order valence-electron chi connectivity index (χ1n) is 7.07. The van der Waals surface area contributed by atoms with Crippen molar-refractivity contribution in [2.45, 2.75) is 31.7 Å². The number of ether oxygens (including phenoxy) is 1. The molecular weight excluding hydrogens is 295 g/mol. The van der Waals surface area contributed by atoms with Gasteiger partial charge in [-0.3, -0.25) is 4.79 Å². The maximum absolute atomic E-state index is 12.7. The Bertz CT molecular complexity index is 438. The first-order valence-corrected chi connectivity index (χ1v) is 7.07. The van der Waals surface area contributed by atoms with Gasteiger partial charge < -0.3 is 15.8 Å². The predicted molar refractivity (Wildman–Crippen MR) is 82.1 cm³/mol. The van der Waals surface area contributed by atoms with Crippen molar-refractivity contribution in [3.63, 3.8) is 0 Å². The van der Waals surface area contributed by atoms with Gasteiger partial charge in [0.05, 0.1) is 6.61 Å². The molecule has 1 aromatic rings. The zero-order valence-electron chi connectivity index (χ0n) is 11.9. The first kappa shape index (κ1) is 17.7. The lowest BCUT2D eigenvalue weighted by molar-refractivity contribution is -0.122. The molecule has 0 aliphatic heterocycles. The fourth-order valence-corrected chi connectivity index (χ4v) is 2.10. The normalized spacial score (nSPS) is 15.0. The summed E-state index contributed by atoms with van der Waals surface area (Å²) in [6.45, 7) is 0.943. The van der Waals surface area contributed by atoms with Crippen LogP contribution in [-0.4, -0.2) is 25.1 Å². The van der Waals surface area contributed by atoms with Crippen molar-refractivity contribution in [1.29, 1.82) is 0 Å². The number of hydrogen-bond acceptors (Lipinski definition) is 3. The molecule has 4 nitrogen and oxygen atoms in total. The van der Waals surface area contributed by atoms with Crippen LogP contribution in [0, 0.1) is 11.7 Å². The molecular formula is C15H22ClFN2O2. The van der Waals surface area contributed by atoms with Crippen molar-refractivity contribution in [1.82, 2.24) is 5.32 Å². The lowest BCUT2D eigenvalue weighted by Gasteiger charge is -2.15. The van der Waals surface area contributed by atoms with Gasteiger partial charge in [-0.1, -0.05) is 0 Å². The Morgan fingerprint density at radius 3 is 2.62 bits per heavy atom. The molecule has 0 radical (unpaired) electrons. The molecule has 118 valence electrons. The number of halogens is 2. The van der Waals surface area contributed by atoms with Gasteiger partial charge in [0.1, 0.15) is 11.6 Å². The van der Waals surface area contributed by atoms with Gasteiger partial charge in [-0.2, -0.15) is 0 Å². The number of benzene rings is 1. The van der Waals surface area contributed by atoms with E-state index in [0.29, 0.717) is 37.7 Å². The van der Waals surface area contributed by atoms with Crippen molar-refractivity contribution >= 4 is 18.3 Å². The maximum atomic E-state index is 12.7. The fourth-order valence-electron chi connectivity index (χ4n) is 2.10. The summed E-state index contributed by atoms with van der Waals surface area (Å²) in [5.74, 6) is 0.920. The van der Waals surface area contributed by atoms with Gasteiger partial charge >= 0.3 is 0 Å². The van der Waals surface area contributed by atoms with E-state index in [1.807, 2.05) is 0 Å². The van der Waals surface area contributed by atoms with Crippen molar-refractivity contribution < 1.29 is 13.9 Å². The molecule has 3 N–H and O–H groups in total. The van der Waals surface area contributed by atoms with E-state index in [0.717, 1.165) is 12.8 Å². The van der Waals surface area contributed by atoms with Crippen LogP contribution in [0.2, 0.25) is 0 Å². The van der Waals surface area contributed by atoms with Crippen LogP contribution in [0.1, 0.15) is 25.7 Å². The third-order valence-corrected chi connectivity index (χ3v) is 3.42. The van der Waals surface area contributed by atoms with Gasteiger partial charge in [0.2, 0.25) is 5.91 Å². The quantitative estimate of drug-likeness (QED) is 0.723. The Morgan fingerprint density at radius 1 is 1.38 bits per heavy atom. The minimum Gasteiger partial charge on any atom is -0.494 e. The largest absolute Gasteiger partial charge is 0.494 e. The Hall–Kier alpha value is -1.33. The summed E-state index contributed by atoms with van der Waals surface area (Å²) in [5, 5.41) is 2.97. The highest BCUT2D eigenvalue weighted by Gasteiger charge is 2.30.